The van der Waals surface area contributed by atoms with Gasteiger partial charge in [0.05, 0.1) is 16.8 Å². The molecule has 1 aromatic heterocycles. The Morgan fingerprint density at radius 1 is 1.33 bits per heavy atom. The molecule has 2 N–H and O–H groups in total. The standard InChI is InChI=1S/C13H11BrClFN2/c14-11-6-10(16)3-1-8(11)5-12(17)13-4-2-9(15)7-18-13/h1-4,6-7,12H,5,17H2. The van der Waals surface area contributed by atoms with Crippen LogP contribution in [0.1, 0.15) is 17.3 Å². The van der Waals surface area contributed by atoms with Crippen molar-refractivity contribution >= 4 is 27.5 Å². The van der Waals surface area contributed by atoms with Gasteiger partial charge in [-0.05, 0) is 36.2 Å². The zero-order chi connectivity index (χ0) is 13.1. The first-order valence-corrected chi connectivity index (χ1v) is 6.54. The van der Waals surface area contributed by atoms with Crippen molar-refractivity contribution in [3.05, 3.63) is 63.1 Å². The van der Waals surface area contributed by atoms with Crippen LogP contribution in [0, 0.1) is 5.82 Å². The molecule has 18 heavy (non-hydrogen) atoms. The lowest BCUT2D eigenvalue weighted by molar-refractivity contribution is 0.623. The summed E-state index contributed by atoms with van der Waals surface area (Å²) in [5, 5.41) is 0.578. The number of pyridine rings is 1. The van der Waals surface area contributed by atoms with E-state index in [0.29, 0.717) is 15.9 Å². The maximum absolute atomic E-state index is 13.0. The molecule has 0 amide bonds. The van der Waals surface area contributed by atoms with E-state index in [9.17, 15) is 4.39 Å². The Kier molecular flexibility index (Phi) is 4.32. The molecule has 0 radical (unpaired) electrons. The molecule has 0 saturated carbocycles. The Bertz CT molecular complexity index is 545. The highest BCUT2D eigenvalue weighted by molar-refractivity contribution is 9.10. The van der Waals surface area contributed by atoms with Crippen LogP contribution in [0.3, 0.4) is 0 Å². The Labute approximate surface area is 118 Å². The van der Waals surface area contributed by atoms with Crippen LogP contribution in [-0.4, -0.2) is 4.98 Å². The van der Waals surface area contributed by atoms with Crippen molar-refractivity contribution in [3.8, 4) is 0 Å². The van der Waals surface area contributed by atoms with Crippen LogP contribution in [0.15, 0.2) is 41.0 Å². The van der Waals surface area contributed by atoms with Gasteiger partial charge in [0, 0.05) is 10.7 Å². The Balaban J connectivity index is 2.15. The molecule has 0 saturated heterocycles. The van der Waals surface area contributed by atoms with Gasteiger partial charge >= 0.3 is 0 Å². The molecule has 94 valence electrons. The first-order valence-electron chi connectivity index (χ1n) is 5.37. The maximum Gasteiger partial charge on any atom is 0.124 e. The second-order valence-corrected chi connectivity index (χ2v) is 5.24. The first kappa shape index (κ1) is 13.5. The predicted octanol–water partition coefficient (Wildman–Crippen LogP) is 3.88. The molecule has 0 aliphatic carbocycles. The van der Waals surface area contributed by atoms with E-state index >= 15 is 0 Å². The lowest BCUT2D eigenvalue weighted by Crippen LogP contribution is -2.15. The van der Waals surface area contributed by atoms with Gasteiger partial charge in [0.2, 0.25) is 0 Å². The lowest BCUT2D eigenvalue weighted by atomic mass is 10.0. The number of nitrogens with zero attached hydrogens (tertiary/aromatic N) is 1. The smallest absolute Gasteiger partial charge is 0.124 e. The molecule has 2 nitrogen and oxygen atoms in total. The van der Waals surface area contributed by atoms with Gasteiger partial charge in [-0.2, -0.15) is 0 Å². The Hall–Kier alpha value is -0.970. The fourth-order valence-electron chi connectivity index (χ4n) is 1.64. The molecule has 2 rings (SSSR count). The molecule has 5 heteroatoms. The minimum atomic E-state index is -0.274. The zero-order valence-corrected chi connectivity index (χ0v) is 11.7. The van der Waals surface area contributed by atoms with Crippen LogP contribution < -0.4 is 5.73 Å². The number of hydrogen-bond acceptors (Lipinski definition) is 2. The molecule has 0 spiro atoms. The summed E-state index contributed by atoms with van der Waals surface area (Å²) in [5.74, 6) is -0.274. The van der Waals surface area contributed by atoms with E-state index in [4.69, 9.17) is 17.3 Å². The molecule has 1 unspecified atom stereocenters. The van der Waals surface area contributed by atoms with Crippen molar-refractivity contribution in [2.75, 3.05) is 0 Å². The van der Waals surface area contributed by atoms with E-state index in [1.165, 1.54) is 12.1 Å². The normalized spacial score (nSPS) is 12.4. The summed E-state index contributed by atoms with van der Waals surface area (Å²) in [5.41, 5.74) is 7.77. The molecule has 1 aromatic carbocycles. The van der Waals surface area contributed by atoms with Gasteiger partial charge in [0.15, 0.2) is 0 Å². The monoisotopic (exact) mass is 328 g/mol. The Morgan fingerprint density at radius 2 is 2.11 bits per heavy atom. The number of aromatic nitrogens is 1. The Morgan fingerprint density at radius 3 is 2.72 bits per heavy atom. The van der Waals surface area contributed by atoms with Gasteiger partial charge in [0.25, 0.3) is 0 Å². The van der Waals surface area contributed by atoms with Gasteiger partial charge in [-0.15, -0.1) is 0 Å². The summed E-state index contributed by atoms with van der Waals surface area (Å²) in [6, 6.07) is 7.87. The van der Waals surface area contributed by atoms with Gasteiger partial charge in [-0.3, -0.25) is 4.98 Å². The number of benzene rings is 1. The lowest BCUT2D eigenvalue weighted by Gasteiger charge is -2.12. The van der Waals surface area contributed by atoms with Crippen molar-refractivity contribution in [3.63, 3.8) is 0 Å². The van der Waals surface area contributed by atoms with Crippen LogP contribution in [-0.2, 0) is 6.42 Å². The molecule has 1 heterocycles. The van der Waals surface area contributed by atoms with E-state index in [0.717, 1.165) is 11.3 Å². The van der Waals surface area contributed by atoms with Crippen molar-refractivity contribution in [1.29, 1.82) is 0 Å². The number of nitrogens with two attached hydrogens (primary N) is 1. The van der Waals surface area contributed by atoms with E-state index < -0.39 is 0 Å². The van der Waals surface area contributed by atoms with Crippen molar-refractivity contribution in [2.24, 2.45) is 5.73 Å². The fourth-order valence-corrected chi connectivity index (χ4v) is 2.26. The van der Waals surface area contributed by atoms with Crippen LogP contribution in [0.25, 0.3) is 0 Å². The second-order valence-electron chi connectivity index (χ2n) is 3.95. The number of rotatable bonds is 3. The first-order chi connectivity index (χ1) is 8.56. The minimum Gasteiger partial charge on any atom is -0.322 e. The highest BCUT2D eigenvalue weighted by Crippen LogP contribution is 2.23. The fraction of sp³-hybridized carbons (Fsp3) is 0.154. The van der Waals surface area contributed by atoms with Gasteiger partial charge in [-0.25, -0.2) is 4.39 Å². The van der Waals surface area contributed by atoms with E-state index in [1.807, 2.05) is 0 Å². The van der Waals surface area contributed by atoms with E-state index in [-0.39, 0.29) is 11.9 Å². The summed E-state index contributed by atoms with van der Waals surface area (Å²) < 4.78 is 13.7. The minimum absolute atomic E-state index is 0.246. The van der Waals surface area contributed by atoms with E-state index in [2.05, 4.69) is 20.9 Å². The largest absolute Gasteiger partial charge is 0.322 e. The summed E-state index contributed by atoms with van der Waals surface area (Å²) in [7, 11) is 0. The van der Waals surface area contributed by atoms with Crippen molar-refractivity contribution in [1.82, 2.24) is 4.98 Å². The topological polar surface area (TPSA) is 38.9 Å². The highest BCUT2D eigenvalue weighted by atomic mass is 79.9. The summed E-state index contributed by atoms with van der Waals surface area (Å²) in [4.78, 5) is 4.18. The molecular formula is C13H11BrClFN2. The maximum atomic E-state index is 13.0. The van der Waals surface area contributed by atoms with E-state index in [1.54, 1.807) is 24.4 Å². The number of halogens is 3. The molecular weight excluding hydrogens is 319 g/mol. The molecule has 2 aromatic rings. The number of hydrogen-bond donors (Lipinski definition) is 1. The molecule has 1 atom stereocenters. The quantitative estimate of drug-likeness (QED) is 0.928. The molecule has 0 aliphatic rings. The molecule has 0 fully saturated rings. The summed E-state index contributed by atoms with van der Waals surface area (Å²) in [6.45, 7) is 0. The third-order valence-corrected chi connectivity index (χ3v) is 3.55. The average Bonchev–Trinajstić information content (AvgIpc) is 2.33. The second kappa shape index (κ2) is 5.78. The van der Waals surface area contributed by atoms with Gasteiger partial charge < -0.3 is 5.73 Å². The third-order valence-electron chi connectivity index (χ3n) is 2.59. The zero-order valence-electron chi connectivity index (χ0n) is 9.41. The highest BCUT2D eigenvalue weighted by Gasteiger charge is 2.11. The van der Waals surface area contributed by atoms with Gasteiger partial charge in [-0.1, -0.05) is 33.6 Å². The van der Waals surface area contributed by atoms with Crippen LogP contribution in [0.5, 0.6) is 0 Å². The SMILES string of the molecule is NC(Cc1ccc(F)cc1Br)c1ccc(Cl)cn1. The average molecular weight is 330 g/mol. The molecule has 0 bridgehead atoms. The third kappa shape index (κ3) is 3.28. The van der Waals surface area contributed by atoms with Gasteiger partial charge in [0.1, 0.15) is 5.82 Å². The van der Waals surface area contributed by atoms with Crippen LogP contribution in [0.4, 0.5) is 4.39 Å². The van der Waals surface area contributed by atoms with Crippen LogP contribution >= 0.6 is 27.5 Å². The summed E-state index contributed by atoms with van der Waals surface area (Å²) in [6.07, 6.45) is 2.14. The molecule has 0 aliphatic heterocycles. The van der Waals surface area contributed by atoms with Crippen LogP contribution in [0.2, 0.25) is 5.02 Å². The summed E-state index contributed by atoms with van der Waals surface area (Å²) >= 11 is 9.09. The predicted molar refractivity (Wildman–Crippen MR) is 74.0 cm³/mol. The van der Waals surface area contributed by atoms with Crippen molar-refractivity contribution in [2.45, 2.75) is 12.5 Å². The van der Waals surface area contributed by atoms with Crippen molar-refractivity contribution < 1.29 is 4.39 Å².